The van der Waals surface area contributed by atoms with Crippen molar-refractivity contribution < 1.29 is 22.9 Å². The van der Waals surface area contributed by atoms with Crippen LogP contribution >= 0.6 is 22.6 Å². The topological polar surface area (TPSA) is 86.2 Å². The minimum atomic E-state index is -4.88. The van der Waals surface area contributed by atoms with Crippen molar-refractivity contribution in [3.8, 4) is 0 Å². The first-order chi connectivity index (χ1) is 7.66. The lowest BCUT2D eigenvalue weighted by Crippen LogP contribution is -2.20. The lowest BCUT2D eigenvalue weighted by molar-refractivity contribution is -0.386. The molecule has 0 saturated carbocycles. The van der Waals surface area contributed by atoms with E-state index in [2.05, 4.69) is 0 Å². The Kier molecular flexibility index (Phi) is 3.59. The predicted molar refractivity (Wildman–Crippen MR) is 59.3 cm³/mol. The first-order valence-electron chi connectivity index (χ1n) is 4.00. The maximum atomic E-state index is 12.7. The van der Waals surface area contributed by atoms with Crippen LogP contribution in [0.3, 0.4) is 0 Å². The zero-order chi connectivity index (χ0) is 13.4. The van der Waals surface area contributed by atoms with Crippen LogP contribution in [0.25, 0.3) is 0 Å². The molecule has 17 heavy (non-hydrogen) atoms. The third kappa shape index (κ3) is 2.65. The average Bonchev–Trinajstić information content (AvgIpc) is 2.14. The number of nitro groups is 1. The molecule has 0 saturated heterocycles. The molecule has 92 valence electrons. The largest absolute Gasteiger partial charge is 0.418 e. The van der Waals surface area contributed by atoms with E-state index in [0.29, 0.717) is 6.07 Å². The predicted octanol–water partition coefficient (Wildman–Crippen LogP) is 2.32. The highest BCUT2D eigenvalue weighted by Crippen LogP contribution is 2.39. The van der Waals surface area contributed by atoms with E-state index in [0.717, 1.165) is 6.07 Å². The molecule has 0 aliphatic rings. The van der Waals surface area contributed by atoms with Gasteiger partial charge in [0.2, 0.25) is 5.91 Å². The van der Waals surface area contributed by atoms with Gasteiger partial charge in [-0.2, -0.15) is 13.2 Å². The number of amides is 1. The quantitative estimate of drug-likeness (QED) is 0.499. The Balaban J connectivity index is 3.65. The SMILES string of the molecule is NC(=O)c1ccc([N+](=O)[O-])c(I)c1C(F)(F)F. The minimum Gasteiger partial charge on any atom is -0.366 e. The van der Waals surface area contributed by atoms with Gasteiger partial charge in [-0.1, -0.05) is 0 Å². The van der Waals surface area contributed by atoms with Gasteiger partial charge in [-0.3, -0.25) is 14.9 Å². The van der Waals surface area contributed by atoms with Crippen molar-refractivity contribution in [2.24, 2.45) is 5.73 Å². The molecule has 0 aliphatic carbocycles. The molecule has 0 spiro atoms. The molecule has 0 aromatic heterocycles. The Morgan fingerprint density at radius 3 is 2.29 bits per heavy atom. The van der Waals surface area contributed by atoms with Crippen LogP contribution in [0.4, 0.5) is 18.9 Å². The molecule has 0 fully saturated rings. The van der Waals surface area contributed by atoms with Gasteiger partial charge in [0.05, 0.1) is 16.1 Å². The van der Waals surface area contributed by atoms with Crippen LogP contribution in [0.5, 0.6) is 0 Å². The molecule has 0 heterocycles. The second-order valence-corrected chi connectivity index (χ2v) is 4.02. The van der Waals surface area contributed by atoms with Gasteiger partial charge in [-0.15, -0.1) is 0 Å². The number of nitro benzene ring substituents is 1. The van der Waals surface area contributed by atoms with Gasteiger partial charge in [0.15, 0.2) is 0 Å². The van der Waals surface area contributed by atoms with E-state index < -0.39 is 37.4 Å². The first-order valence-corrected chi connectivity index (χ1v) is 5.08. The number of hydrogen-bond donors (Lipinski definition) is 1. The molecular weight excluding hydrogens is 356 g/mol. The molecule has 0 radical (unpaired) electrons. The van der Waals surface area contributed by atoms with E-state index in [-0.39, 0.29) is 0 Å². The molecule has 0 unspecified atom stereocenters. The minimum absolute atomic E-state index is 0.656. The molecule has 5 nitrogen and oxygen atoms in total. The standard InChI is InChI=1S/C8H4F3IN2O3/c9-8(10,11)5-3(7(13)15)1-2-4(6(5)12)14(16)17/h1-2H,(H2,13,15). The fourth-order valence-corrected chi connectivity index (χ4v) is 2.16. The van der Waals surface area contributed by atoms with Gasteiger partial charge in [0.25, 0.3) is 5.69 Å². The number of halogens is 4. The van der Waals surface area contributed by atoms with Gasteiger partial charge in [0.1, 0.15) is 3.57 Å². The second kappa shape index (κ2) is 4.47. The Morgan fingerprint density at radius 1 is 1.41 bits per heavy atom. The molecule has 1 rings (SSSR count). The van der Waals surface area contributed by atoms with Gasteiger partial charge in [0, 0.05) is 6.07 Å². The number of primary amides is 1. The van der Waals surface area contributed by atoms with Crippen LogP contribution in [0.15, 0.2) is 12.1 Å². The maximum Gasteiger partial charge on any atom is 0.418 e. The van der Waals surface area contributed by atoms with Crippen molar-refractivity contribution in [3.63, 3.8) is 0 Å². The van der Waals surface area contributed by atoms with E-state index in [1.54, 1.807) is 0 Å². The van der Waals surface area contributed by atoms with Gasteiger partial charge in [-0.05, 0) is 28.7 Å². The second-order valence-electron chi connectivity index (χ2n) is 2.94. The van der Waals surface area contributed by atoms with E-state index in [4.69, 9.17) is 5.73 Å². The number of rotatable bonds is 2. The molecule has 1 aromatic carbocycles. The summed E-state index contributed by atoms with van der Waals surface area (Å²) in [7, 11) is 0. The summed E-state index contributed by atoms with van der Waals surface area (Å²) in [5, 5.41) is 10.5. The Hall–Kier alpha value is -1.39. The normalized spacial score (nSPS) is 11.3. The Labute approximate surface area is 106 Å². The van der Waals surface area contributed by atoms with Crippen molar-refractivity contribution in [2.75, 3.05) is 0 Å². The van der Waals surface area contributed by atoms with Gasteiger partial charge < -0.3 is 5.73 Å². The third-order valence-corrected chi connectivity index (χ3v) is 2.96. The van der Waals surface area contributed by atoms with E-state index in [1.807, 2.05) is 0 Å². The van der Waals surface area contributed by atoms with Crippen molar-refractivity contribution >= 4 is 34.2 Å². The van der Waals surface area contributed by atoms with Crippen LogP contribution in [-0.4, -0.2) is 10.8 Å². The summed E-state index contributed by atoms with van der Waals surface area (Å²) in [6, 6.07) is 1.52. The summed E-state index contributed by atoms with van der Waals surface area (Å²) in [5.74, 6) is -1.29. The number of benzene rings is 1. The molecule has 0 bridgehead atoms. The lowest BCUT2D eigenvalue weighted by atomic mass is 10.1. The summed E-state index contributed by atoms with van der Waals surface area (Å²) in [4.78, 5) is 20.4. The first kappa shape index (κ1) is 13.7. The van der Waals surface area contributed by atoms with Gasteiger partial charge >= 0.3 is 6.18 Å². The zero-order valence-corrected chi connectivity index (χ0v) is 10.1. The molecule has 9 heteroatoms. The number of carbonyl (C=O) groups is 1. The van der Waals surface area contributed by atoms with Crippen molar-refractivity contribution in [1.29, 1.82) is 0 Å². The Bertz CT molecular complexity index is 502. The number of nitrogens with zero attached hydrogens (tertiary/aromatic N) is 1. The molecule has 0 atom stereocenters. The monoisotopic (exact) mass is 360 g/mol. The van der Waals surface area contributed by atoms with E-state index >= 15 is 0 Å². The van der Waals surface area contributed by atoms with Gasteiger partial charge in [-0.25, -0.2) is 0 Å². The van der Waals surface area contributed by atoms with Crippen LogP contribution in [-0.2, 0) is 6.18 Å². The molecule has 0 aliphatic heterocycles. The van der Waals surface area contributed by atoms with Crippen LogP contribution < -0.4 is 5.73 Å². The number of nitrogens with two attached hydrogens (primary N) is 1. The van der Waals surface area contributed by atoms with E-state index in [9.17, 15) is 28.1 Å². The molecule has 1 aromatic rings. The van der Waals surface area contributed by atoms with E-state index in [1.165, 1.54) is 22.6 Å². The molecule has 1 amide bonds. The number of hydrogen-bond acceptors (Lipinski definition) is 3. The van der Waals surface area contributed by atoms with Crippen LogP contribution in [0.1, 0.15) is 15.9 Å². The Morgan fingerprint density at radius 2 is 1.94 bits per heavy atom. The fraction of sp³-hybridized carbons (Fsp3) is 0.125. The third-order valence-electron chi connectivity index (χ3n) is 1.87. The highest BCUT2D eigenvalue weighted by Gasteiger charge is 2.40. The zero-order valence-electron chi connectivity index (χ0n) is 7.92. The highest BCUT2D eigenvalue weighted by atomic mass is 127. The van der Waals surface area contributed by atoms with Crippen molar-refractivity contribution in [3.05, 3.63) is 36.9 Å². The lowest BCUT2D eigenvalue weighted by Gasteiger charge is -2.12. The van der Waals surface area contributed by atoms with Crippen molar-refractivity contribution in [2.45, 2.75) is 6.18 Å². The fourth-order valence-electron chi connectivity index (χ4n) is 1.19. The summed E-state index contributed by atoms with van der Waals surface area (Å²) >= 11 is 1.17. The van der Waals surface area contributed by atoms with Crippen molar-refractivity contribution in [1.82, 2.24) is 0 Å². The summed E-state index contributed by atoms with van der Waals surface area (Å²) < 4.78 is 37.4. The van der Waals surface area contributed by atoms with Crippen LogP contribution in [0, 0.1) is 13.7 Å². The molecule has 2 N–H and O–H groups in total. The maximum absolute atomic E-state index is 12.7. The number of carbonyl (C=O) groups excluding carboxylic acids is 1. The smallest absolute Gasteiger partial charge is 0.366 e. The summed E-state index contributed by atoms with van der Waals surface area (Å²) in [6.07, 6.45) is -4.88. The highest BCUT2D eigenvalue weighted by molar-refractivity contribution is 14.1. The molecular formula is C8H4F3IN2O3. The number of alkyl halides is 3. The average molecular weight is 360 g/mol. The van der Waals surface area contributed by atoms with Crippen LogP contribution in [0.2, 0.25) is 0 Å². The summed E-state index contributed by atoms with van der Waals surface area (Å²) in [6.45, 7) is 0. The summed E-state index contributed by atoms with van der Waals surface area (Å²) in [5.41, 5.74) is 1.91.